The van der Waals surface area contributed by atoms with Crippen LogP contribution in [0.1, 0.15) is 37.7 Å². The van der Waals surface area contributed by atoms with Crippen LogP contribution in [0.15, 0.2) is 77.3 Å². The lowest BCUT2D eigenvalue weighted by Gasteiger charge is -2.38. The first kappa shape index (κ1) is 19.7. The van der Waals surface area contributed by atoms with Crippen molar-refractivity contribution < 1.29 is 4.42 Å². The maximum absolute atomic E-state index is 6.45. The third-order valence-corrected chi connectivity index (χ3v) is 7.77. The number of benzene rings is 3. The fourth-order valence-corrected chi connectivity index (χ4v) is 5.72. The molecule has 1 aliphatic rings. The molecular weight excluding hydrogens is 388 g/mol. The van der Waals surface area contributed by atoms with Gasteiger partial charge in [-0.15, -0.1) is 0 Å². The van der Waals surface area contributed by atoms with Crippen LogP contribution in [0.3, 0.4) is 0 Å². The van der Waals surface area contributed by atoms with E-state index >= 15 is 0 Å². The van der Waals surface area contributed by atoms with Crippen LogP contribution in [0, 0.1) is 5.92 Å². The second-order valence-corrected chi connectivity index (χ2v) is 9.97. The topological polar surface area (TPSA) is 26.0 Å². The third-order valence-electron chi connectivity index (χ3n) is 7.77. The fraction of sp³-hybridized carbons (Fsp3) is 0.250. The highest BCUT2D eigenvalue weighted by Gasteiger charge is 2.32. The Bertz CT molecular complexity index is 1450. The predicted molar refractivity (Wildman–Crippen MR) is 140 cm³/mol. The lowest BCUT2D eigenvalue weighted by Crippen LogP contribution is -2.37. The van der Waals surface area contributed by atoms with E-state index < -0.39 is 0 Å². The second kappa shape index (κ2) is 7.55. The summed E-state index contributed by atoms with van der Waals surface area (Å²) in [4.78, 5) is 4.78. The Morgan fingerprint density at radius 2 is 1.59 bits per heavy atom. The highest BCUT2D eigenvalue weighted by Crippen LogP contribution is 2.40. The van der Waals surface area contributed by atoms with Crippen LogP contribution in [0.25, 0.3) is 44.0 Å². The van der Waals surface area contributed by atoms with Crippen LogP contribution < -0.4 is 0 Å². The SMILES string of the molecule is BC(B)(c1ccnc(-c2cccc3c2oc2cc4ccccc4cc23)c1)C1CCCCC1. The number of fused-ring (bicyclic) bond motifs is 4. The molecule has 0 bridgehead atoms. The number of para-hydroxylation sites is 1. The standard InChI is InChI=1S/C28H27B2NO/c29-28(30,20-9-2-1-3-10-20)21-13-14-31-25(17-21)23-12-6-11-22-24-15-18-7-4-5-8-19(18)16-26(24)32-27(22)23/h4-8,11-17,20H,1-3,9-10,29-30H2. The molecule has 0 atom stereocenters. The number of pyridine rings is 1. The molecular formula is C28H27B2NO. The zero-order valence-electron chi connectivity index (χ0n) is 18.9. The maximum Gasteiger partial charge on any atom is 0.144 e. The molecule has 0 radical (unpaired) electrons. The summed E-state index contributed by atoms with van der Waals surface area (Å²) >= 11 is 0. The molecule has 2 heterocycles. The van der Waals surface area contributed by atoms with Crippen LogP contribution in [-0.2, 0) is 5.21 Å². The summed E-state index contributed by atoms with van der Waals surface area (Å²) in [5, 5.41) is 4.91. The van der Waals surface area contributed by atoms with Crippen molar-refractivity contribution in [3.8, 4) is 11.3 Å². The van der Waals surface area contributed by atoms with Gasteiger partial charge in [-0.3, -0.25) is 4.98 Å². The molecule has 0 spiro atoms. The highest BCUT2D eigenvalue weighted by atomic mass is 16.3. The Labute approximate surface area is 190 Å². The van der Waals surface area contributed by atoms with Crippen molar-refractivity contribution in [2.45, 2.75) is 37.3 Å². The number of rotatable bonds is 3. The van der Waals surface area contributed by atoms with Gasteiger partial charge in [-0.1, -0.05) is 79.3 Å². The largest absolute Gasteiger partial charge is 0.455 e. The van der Waals surface area contributed by atoms with Gasteiger partial charge in [-0.2, -0.15) is 0 Å². The lowest BCUT2D eigenvalue weighted by molar-refractivity contribution is 0.327. The summed E-state index contributed by atoms with van der Waals surface area (Å²) in [6, 6.07) is 23.8. The molecule has 1 fully saturated rings. The summed E-state index contributed by atoms with van der Waals surface area (Å²) < 4.78 is 6.45. The van der Waals surface area contributed by atoms with Gasteiger partial charge >= 0.3 is 0 Å². The van der Waals surface area contributed by atoms with Gasteiger partial charge < -0.3 is 4.42 Å². The van der Waals surface area contributed by atoms with E-state index in [0.717, 1.165) is 33.7 Å². The van der Waals surface area contributed by atoms with Crippen molar-refractivity contribution >= 4 is 48.4 Å². The Morgan fingerprint density at radius 1 is 0.812 bits per heavy atom. The Balaban J connectivity index is 1.49. The zero-order valence-corrected chi connectivity index (χ0v) is 18.9. The quantitative estimate of drug-likeness (QED) is 0.348. The Hall–Kier alpha value is -3.00. The minimum Gasteiger partial charge on any atom is -0.455 e. The summed E-state index contributed by atoms with van der Waals surface area (Å²) in [6.07, 6.45) is 8.74. The third kappa shape index (κ3) is 3.16. The maximum atomic E-state index is 6.45. The molecule has 0 unspecified atom stereocenters. The van der Waals surface area contributed by atoms with E-state index in [4.69, 9.17) is 9.40 Å². The van der Waals surface area contributed by atoms with Crippen LogP contribution in [0.5, 0.6) is 0 Å². The van der Waals surface area contributed by atoms with E-state index in [0.29, 0.717) is 0 Å². The molecule has 156 valence electrons. The molecule has 1 aliphatic carbocycles. The van der Waals surface area contributed by atoms with Gasteiger partial charge in [0.2, 0.25) is 0 Å². The van der Waals surface area contributed by atoms with E-state index in [-0.39, 0.29) is 5.21 Å². The van der Waals surface area contributed by atoms with Crippen molar-refractivity contribution in [1.82, 2.24) is 4.98 Å². The smallest absolute Gasteiger partial charge is 0.144 e. The molecule has 4 heteroatoms. The normalized spacial score (nSPS) is 15.6. The molecule has 0 saturated heterocycles. The van der Waals surface area contributed by atoms with Gasteiger partial charge in [0.15, 0.2) is 0 Å². The van der Waals surface area contributed by atoms with Gasteiger partial charge in [-0.05, 0) is 47.0 Å². The van der Waals surface area contributed by atoms with Gasteiger partial charge in [-0.25, -0.2) is 0 Å². The molecule has 0 amide bonds. The summed E-state index contributed by atoms with van der Waals surface area (Å²) in [5.41, 5.74) is 5.32. The molecule has 0 aliphatic heterocycles. The van der Waals surface area contributed by atoms with Gasteiger partial charge in [0.25, 0.3) is 0 Å². The van der Waals surface area contributed by atoms with Crippen molar-refractivity contribution in [2.75, 3.05) is 0 Å². The average Bonchev–Trinajstić information content (AvgIpc) is 3.20. The molecule has 1 saturated carbocycles. The zero-order chi connectivity index (χ0) is 21.7. The number of hydrogen-bond acceptors (Lipinski definition) is 2. The van der Waals surface area contributed by atoms with Crippen LogP contribution >= 0.6 is 0 Å². The number of furan rings is 1. The van der Waals surface area contributed by atoms with Crippen molar-refractivity contribution in [3.05, 3.63) is 78.5 Å². The highest BCUT2D eigenvalue weighted by molar-refractivity contribution is 6.40. The van der Waals surface area contributed by atoms with E-state index in [2.05, 4.69) is 82.4 Å². The van der Waals surface area contributed by atoms with Gasteiger partial charge in [0.05, 0.1) is 5.69 Å². The number of hydrogen-bond donors (Lipinski definition) is 0. The van der Waals surface area contributed by atoms with Crippen LogP contribution in [0.2, 0.25) is 0 Å². The number of nitrogens with zero attached hydrogens (tertiary/aromatic N) is 1. The number of aromatic nitrogens is 1. The van der Waals surface area contributed by atoms with E-state index in [1.165, 1.54) is 53.8 Å². The van der Waals surface area contributed by atoms with Crippen molar-refractivity contribution in [2.24, 2.45) is 5.92 Å². The summed E-state index contributed by atoms with van der Waals surface area (Å²) in [7, 11) is 4.82. The minimum atomic E-state index is 0.150. The molecule has 32 heavy (non-hydrogen) atoms. The first-order chi connectivity index (χ1) is 15.6. The first-order valence-corrected chi connectivity index (χ1v) is 11.9. The van der Waals surface area contributed by atoms with Gasteiger partial charge in [0.1, 0.15) is 26.9 Å². The second-order valence-electron chi connectivity index (χ2n) is 9.97. The molecule has 3 aromatic carbocycles. The molecule has 0 N–H and O–H groups in total. The van der Waals surface area contributed by atoms with Crippen LogP contribution in [-0.4, -0.2) is 20.7 Å². The van der Waals surface area contributed by atoms with Crippen LogP contribution in [0.4, 0.5) is 0 Å². The molecule has 6 rings (SSSR count). The van der Waals surface area contributed by atoms with E-state index in [1.54, 1.807) is 0 Å². The van der Waals surface area contributed by atoms with Crippen molar-refractivity contribution in [1.29, 1.82) is 0 Å². The lowest BCUT2D eigenvalue weighted by atomic mass is 9.43. The van der Waals surface area contributed by atoms with Crippen molar-refractivity contribution in [3.63, 3.8) is 0 Å². The fourth-order valence-electron chi connectivity index (χ4n) is 5.72. The molecule has 2 nitrogen and oxygen atoms in total. The first-order valence-electron chi connectivity index (χ1n) is 11.9. The Morgan fingerprint density at radius 3 is 2.41 bits per heavy atom. The minimum absolute atomic E-state index is 0.150. The van der Waals surface area contributed by atoms with E-state index in [1.807, 2.05) is 6.20 Å². The predicted octanol–water partition coefficient (Wildman–Crippen LogP) is 5.80. The monoisotopic (exact) mass is 415 g/mol. The molecule has 2 aromatic heterocycles. The molecule has 5 aromatic rings. The average molecular weight is 415 g/mol. The van der Waals surface area contributed by atoms with Gasteiger partial charge in [0, 0.05) is 22.5 Å². The Kier molecular flexibility index (Phi) is 4.64. The summed E-state index contributed by atoms with van der Waals surface area (Å²) in [6.45, 7) is 0. The summed E-state index contributed by atoms with van der Waals surface area (Å²) in [5.74, 6) is 0.737. The van der Waals surface area contributed by atoms with E-state index in [9.17, 15) is 0 Å².